The minimum Gasteiger partial charge on any atom is -0.409 e. The summed E-state index contributed by atoms with van der Waals surface area (Å²) in [6.45, 7) is 4.99. The van der Waals surface area contributed by atoms with Crippen molar-refractivity contribution < 1.29 is 10.3 Å². The maximum atomic E-state index is 10.2. The monoisotopic (exact) mass is 299 g/mol. The van der Waals surface area contributed by atoms with Crippen molar-refractivity contribution in [3.63, 3.8) is 0 Å². The third-order valence-corrected chi connectivity index (χ3v) is 3.89. The van der Waals surface area contributed by atoms with Crippen LogP contribution in [-0.2, 0) is 6.54 Å². The highest BCUT2D eigenvalue weighted by Gasteiger charge is 2.21. The van der Waals surface area contributed by atoms with Gasteiger partial charge in [0.2, 0.25) is 0 Å². The van der Waals surface area contributed by atoms with Crippen LogP contribution < -0.4 is 11.1 Å². The van der Waals surface area contributed by atoms with Crippen molar-refractivity contribution in [2.75, 3.05) is 6.54 Å². The van der Waals surface area contributed by atoms with E-state index in [0.717, 1.165) is 5.56 Å². The zero-order valence-electron chi connectivity index (χ0n) is 11.9. The molecular formula is C14H22ClN3O2. The lowest BCUT2D eigenvalue weighted by Crippen LogP contribution is -2.39. The van der Waals surface area contributed by atoms with Gasteiger partial charge in [-0.1, -0.05) is 42.7 Å². The van der Waals surface area contributed by atoms with Gasteiger partial charge in [0.15, 0.2) is 5.84 Å². The first-order valence-electron chi connectivity index (χ1n) is 6.65. The van der Waals surface area contributed by atoms with Crippen molar-refractivity contribution >= 4 is 17.4 Å². The van der Waals surface area contributed by atoms with Crippen molar-refractivity contribution in [1.82, 2.24) is 5.32 Å². The van der Waals surface area contributed by atoms with Gasteiger partial charge in [-0.2, -0.15) is 0 Å². The molecule has 1 aromatic rings. The van der Waals surface area contributed by atoms with E-state index in [0.29, 0.717) is 36.5 Å². The van der Waals surface area contributed by atoms with E-state index >= 15 is 0 Å². The van der Waals surface area contributed by atoms with Crippen molar-refractivity contribution in [2.24, 2.45) is 10.9 Å². The summed E-state index contributed by atoms with van der Waals surface area (Å²) in [6, 6.07) is 5.21. The zero-order chi connectivity index (χ0) is 15.2. The standard InChI is InChI=1S/C14H22ClN3O2/c1-3-14(19,4-2)9-17-8-11-6-5-10(7-12(11)15)13(16)18-20/h5-7,17,19-20H,3-4,8-9H2,1-2H3,(H2,16,18). The summed E-state index contributed by atoms with van der Waals surface area (Å²) in [5.41, 5.74) is 6.29. The van der Waals surface area contributed by atoms with Gasteiger partial charge in [0, 0.05) is 23.7 Å². The predicted octanol–water partition coefficient (Wildman–Crippen LogP) is 2.08. The van der Waals surface area contributed by atoms with E-state index in [-0.39, 0.29) is 5.84 Å². The second-order valence-electron chi connectivity index (χ2n) is 4.83. The van der Waals surface area contributed by atoms with Gasteiger partial charge < -0.3 is 21.4 Å². The Kier molecular flexibility index (Phi) is 6.26. The van der Waals surface area contributed by atoms with Crippen LogP contribution >= 0.6 is 11.6 Å². The van der Waals surface area contributed by atoms with Crippen LogP contribution in [0.1, 0.15) is 37.8 Å². The lowest BCUT2D eigenvalue weighted by molar-refractivity contribution is 0.0323. The van der Waals surface area contributed by atoms with Gasteiger partial charge in [-0.05, 0) is 24.5 Å². The lowest BCUT2D eigenvalue weighted by atomic mass is 9.97. The van der Waals surface area contributed by atoms with Gasteiger partial charge in [0.1, 0.15) is 0 Å². The number of oxime groups is 1. The van der Waals surface area contributed by atoms with Crippen molar-refractivity contribution in [1.29, 1.82) is 0 Å². The second-order valence-corrected chi connectivity index (χ2v) is 5.23. The third-order valence-electron chi connectivity index (χ3n) is 3.54. The van der Waals surface area contributed by atoms with Crippen LogP contribution in [0.3, 0.4) is 0 Å². The molecule has 0 atom stereocenters. The van der Waals surface area contributed by atoms with Crippen LogP contribution in [0.25, 0.3) is 0 Å². The summed E-state index contributed by atoms with van der Waals surface area (Å²) in [7, 11) is 0. The van der Waals surface area contributed by atoms with Crippen LogP contribution in [0.5, 0.6) is 0 Å². The second kappa shape index (κ2) is 7.47. The first kappa shape index (κ1) is 16.8. The van der Waals surface area contributed by atoms with E-state index in [2.05, 4.69) is 10.5 Å². The van der Waals surface area contributed by atoms with Crippen molar-refractivity contribution in [3.05, 3.63) is 34.3 Å². The molecule has 0 unspecified atom stereocenters. The molecule has 0 aliphatic heterocycles. The first-order chi connectivity index (χ1) is 9.45. The minimum absolute atomic E-state index is 0.0257. The van der Waals surface area contributed by atoms with E-state index < -0.39 is 5.60 Å². The summed E-state index contributed by atoms with van der Waals surface area (Å²) < 4.78 is 0. The minimum atomic E-state index is -0.680. The number of nitrogens with zero attached hydrogens (tertiary/aromatic N) is 1. The van der Waals surface area contributed by atoms with Gasteiger partial charge in [-0.25, -0.2) is 0 Å². The average Bonchev–Trinajstić information content (AvgIpc) is 2.47. The van der Waals surface area contributed by atoms with E-state index in [1.807, 2.05) is 19.9 Å². The van der Waals surface area contributed by atoms with Crippen LogP contribution in [0, 0.1) is 0 Å². The average molecular weight is 300 g/mol. The molecule has 0 fully saturated rings. The first-order valence-corrected chi connectivity index (χ1v) is 7.03. The highest BCUT2D eigenvalue weighted by Crippen LogP contribution is 2.19. The molecule has 0 aromatic heterocycles. The maximum absolute atomic E-state index is 10.2. The number of nitrogens with two attached hydrogens (primary N) is 1. The predicted molar refractivity (Wildman–Crippen MR) is 81.2 cm³/mol. The summed E-state index contributed by atoms with van der Waals surface area (Å²) in [5, 5.41) is 25.5. The lowest BCUT2D eigenvalue weighted by Gasteiger charge is -2.25. The molecule has 0 bridgehead atoms. The largest absolute Gasteiger partial charge is 0.409 e. The molecule has 1 rings (SSSR count). The Hall–Kier alpha value is -1.30. The zero-order valence-corrected chi connectivity index (χ0v) is 12.6. The molecule has 0 aliphatic rings. The van der Waals surface area contributed by atoms with Crippen LogP contribution in [-0.4, -0.2) is 28.3 Å². The number of hydrogen-bond acceptors (Lipinski definition) is 4. The van der Waals surface area contributed by atoms with Gasteiger partial charge in [-0.3, -0.25) is 0 Å². The van der Waals surface area contributed by atoms with Crippen LogP contribution in [0.2, 0.25) is 5.02 Å². The molecule has 1 aromatic carbocycles. The molecule has 6 heteroatoms. The molecular weight excluding hydrogens is 278 g/mol. The molecule has 0 saturated carbocycles. The highest BCUT2D eigenvalue weighted by molar-refractivity contribution is 6.31. The molecule has 112 valence electrons. The maximum Gasteiger partial charge on any atom is 0.170 e. The fraction of sp³-hybridized carbons (Fsp3) is 0.500. The van der Waals surface area contributed by atoms with Crippen LogP contribution in [0.4, 0.5) is 0 Å². The fourth-order valence-corrected chi connectivity index (χ4v) is 2.08. The number of hydrogen-bond donors (Lipinski definition) is 4. The summed E-state index contributed by atoms with van der Waals surface area (Å²) >= 11 is 6.15. The van der Waals surface area contributed by atoms with E-state index in [1.165, 1.54) is 0 Å². The van der Waals surface area contributed by atoms with Gasteiger partial charge in [0.25, 0.3) is 0 Å². The Morgan fingerprint density at radius 2 is 2.05 bits per heavy atom. The van der Waals surface area contributed by atoms with Gasteiger partial charge >= 0.3 is 0 Å². The number of nitrogens with one attached hydrogen (secondary N) is 1. The normalized spacial score (nSPS) is 12.7. The number of aliphatic hydroxyl groups is 1. The fourth-order valence-electron chi connectivity index (χ4n) is 1.84. The summed E-state index contributed by atoms with van der Waals surface area (Å²) in [6.07, 6.45) is 1.40. The third kappa shape index (κ3) is 4.37. The van der Waals surface area contributed by atoms with Gasteiger partial charge in [0.05, 0.1) is 5.60 Å². The summed E-state index contributed by atoms with van der Waals surface area (Å²) in [5.74, 6) is 0.0257. The Labute approximate surface area is 124 Å². The van der Waals surface area contributed by atoms with Gasteiger partial charge in [-0.15, -0.1) is 0 Å². The Bertz CT molecular complexity index is 473. The molecule has 0 radical (unpaired) electrons. The molecule has 0 spiro atoms. The molecule has 20 heavy (non-hydrogen) atoms. The molecule has 0 amide bonds. The quantitative estimate of drug-likeness (QED) is 0.268. The van der Waals surface area contributed by atoms with E-state index in [1.54, 1.807) is 12.1 Å². The SMILES string of the molecule is CCC(O)(CC)CNCc1ccc(/C(N)=N/O)cc1Cl. The summed E-state index contributed by atoms with van der Waals surface area (Å²) in [4.78, 5) is 0. The van der Waals surface area contributed by atoms with Crippen molar-refractivity contribution in [2.45, 2.75) is 38.8 Å². The molecule has 0 aliphatic carbocycles. The number of halogens is 1. The number of rotatable bonds is 7. The van der Waals surface area contributed by atoms with Crippen molar-refractivity contribution in [3.8, 4) is 0 Å². The topological polar surface area (TPSA) is 90.9 Å². The molecule has 5 N–H and O–H groups in total. The Balaban J connectivity index is 2.66. The smallest absolute Gasteiger partial charge is 0.170 e. The van der Waals surface area contributed by atoms with E-state index in [4.69, 9.17) is 22.5 Å². The van der Waals surface area contributed by atoms with E-state index in [9.17, 15) is 5.11 Å². The number of benzene rings is 1. The van der Waals surface area contributed by atoms with Crippen LogP contribution in [0.15, 0.2) is 23.4 Å². The number of amidine groups is 1. The Morgan fingerprint density at radius 3 is 2.55 bits per heavy atom. The Morgan fingerprint density at radius 1 is 1.40 bits per heavy atom. The molecule has 5 nitrogen and oxygen atoms in total. The molecule has 0 heterocycles. The highest BCUT2D eigenvalue weighted by atomic mass is 35.5. The molecule has 0 saturated heterocycles.